The number of rotatable bonds is 8. The summed E-state index contributed by atoms with van der Waals surface area (Å²) in [5.41, 5.74) is 4.46. The highest BCUT2D eigenvalue weighted by molar-refractivity contribution is 5.89. The molecule has 1 saturated heterocycles. The van der Waals surface area contributed by atoms with E-state index < -0.39 is 6.10 Å². The fourth-order valence-corrected chi connectivity index (χ4v) is 3.69. The molecule has 3 rings (SSSR count). The van der Waals surface area contributed by atoms with Gasteiger partial charge in [0.05, 0.1) is 12.2 Å². The molecule has 1 atom stereocenters. The Kier molecular flexibility index (Phi) is 7.71. The molecule has 6 heteroatoms. The maximum absolute atomic E-state index is 11.7. The Hall–Kier alpha value is -2.57. The van der Waals surface area contributed by atoms with Crippen LogP contribution in [-0.4, -0.2) is 68.0 Å². The first kappa shape index (κ1) is 22.1. The maximum Gasteiger partial charge on any atom is 0.338 e. The molecule has 0 aliphatic carbocycles. The monoisotopic (exact) mass is 412 g/mol. The molecule has 1 unspecified atom stereocenters. The lowest BCUT2D eigenvalue weighted by molar-refractivity contribution is 0.0525. The molecule has 0 radical (unpaired) electrons. The average Bonchev–Trinajstić information content (AvgIpc) is 2.75. The van der Waals surface area contributed by atoms with Gasteiger partial charge in [-0.25, -0.2) is 4.79 Å². The van der Waals surface area contributed by atoms with Gasteiger partial charge < -0.3 is 19.5 Å². The summed E-state index contributed by atoms with van der Waals surface area (Å²) >= 11 is 0. The Morgan fingerprint density at radius 2 is 1.77 bits per heavy atom. The zero-order valence-corrected chi connectivity index (χ0v) is 18.1. The summed E-state index contributed by atoms with van der Waals surface area (Å²) in [7, 11) is 0. The first-order valence-corrected chi connectivity index (χ1v) is 10.6. The van der Waals surface area contributed by atoms with E-state index in [1.54, 1.807) is 31.2 Å². The molecule has 0 bridgehead atoms. The number of anilines is 1. The summed E-state index contributed by atoms with van der Waals surface area (Å²) in [6, 6.07) is 13.2. The summed E-state index contributed by atoms with van der Waals surface area (Å²) in [6.07, 6.45) is -0.568. The van der Waals surface area contributed by atoms with E-state index >= 15 is 0 Å². The Balaban J connectivity index is 1.42. The Bertz CT molecular complexity index is 830. The zero-order valence-electron chi connectivity index (χ0n) is 18.1. The molecule has 0 amide bonds. The van der Waals surface area contributed by atoms with Gasteiger partial charge in [-0.3, -0.25) is 4.90 Å². The molecule has 30 heavy (non-hydrogen) atoms. The molecule has 2 aromatic rings. The van der Waals surface area contributed by atoms with Crippen molar-refractivity contribution in [3.8, 4) is 5.75 Å². The van der Waals surface area contributed by atoms with Gasteiger partial charge in [0.25, 0.3) is 0 Å². The molecule has 0 spiro atoms. The number of nitrogens with zero attached hydrogens (tertiary/aromatic N) is 2. The number of benzene rings is 2. The van der Waals surface area contributed by atoms with E-state index in [1.165, 1.54) is 16.8 Å². The van der Waals surface area contributed by atoms with Crippen LogP contribution >= 0.6 is 0 Å². The topological polar surface area (TPSA) is 62.2 Å². The van der Waals surface area contributed by atoms with Gasteiger partial charge in [0.2, 0.25) is 0 Å². The van der Waals surface area contributed by atoms with Gasteiger partial charge in [-0.15, -0.1) is 0 Å². The number of aliphatic hydroxyl groups excluding tert-OH is 1. The van der Waals surface area contributed by atoms with Crippen LogP contribution in [0.1, 0.15) is 28.4 Å². The smallest absolute Gasteiger partial charge is 0.338 e. The summed E-state index contributed by atoms with van der Waals surface area (Å²) < 4.78 is 10.7. The number of carbonyl (C=O) groups excluding carboxylic acids is 1. The van der Waals surface area contributed by atoms with Crippen molar-refractivity contribution in [2.24, 2.45) is 0 Å². The second-order valence-electron chi connectivity index (χ2n) is 7.72. The third-order valence-corrected chi connectivity index (χ3v) is 5.57. The summed E-state index contributed by atoms with van der Waals surface area (Å²) in [4.78, 5) is 16.4. The quantitative estimate of drug-likeness (QED) is 0.673. The summed E-state index contributed by atoms with van der Waals surface area (Å²) in [5, 5.41) is 10.4. The number of piperazine rings is 1. The summed E-state index contributed by atoms with van der Waals surface area (Å²) in [5.74, 6) is 0.283. The minimum absolute atomic E-state index is 0.218. The van der Waals surface area contributed by atoms with Crippen molar-refractivity contribution >= 4 is 11.7 Å². The largest absolute Gasteiger partial charge is 0.491 e. The van der Waals surface area contributed by atoms with E-state index in [0.717, 1.165) is 26.2 Å². The van der Waals surface area contributed by atoms with Crippen LogP contribution in [0.5, 0.6) is 5.75 Å². The molecule has 1 aliphatic rings. The molecule has 0 aromatic heterocycles. The van der Waals surface area contributed by atoms with E-state index in [4.69, 9.17) is 9.47 Å². The van der Waals surface area contributed by atoms with Gasteiger partial charge >= 0.3 is 5.97 Å². The van der Waals surface area contributed by atoms with Crippen LogP contribution in [0.15, 0.2) is 42.5 Å². The lowest BCUT2D eigenvalue weighted by Gasteiger charge is -2.37. The Labute approximate surface area is 179 Å². The van der Waals surface area contributed by atoms with Gasteiger partial charge in [-0.2, -0.15) is 0 Å². The number of aryl methyl sites for hydroxylation is 1. The molecule has 1 N–H and O–H groups in total. The van der Waals surface area contributed by atoms with Gasteiger partial charge in [0.15, 0.2) is 0 Å². The molecular formula is C24H32N2O4. The van der Waals surface area contributed by atoms with Crippen LogP contribution in [0, 0.1) is 13.8 Å². The number of aliphatic hydroxyl groups is 1. The molecule has 2 aromatic carbocycles. The molecule has 1 fully saturated rings. The van der Waals surface area contributed by atoms with Gasteiger partial charge in [0, 0.05) is 38.4 Å². The van der Waals surface area contributed by atoms with Crippen molar-refractivity contribution < 1.29 is 19.4 Å². The molecule has 0 saturated carbocycles. The van der Waals surface area contributed by atoms with Crippen LogP contribution in [-0.2, 0) is 4.74 Å². The van der Waals surface area contributed by atoms with E-state index in [-0.39, 0.29) is 12.6 Å². The van der Waals surface area contributed by atoms with Crippen molar-refractivity contribution in [2.45, 2.75) is 26.9 Å². The van der Waals surface area contributed by atoms with Crippen LogP contribution in [0.4, 0.5) is 5.69 Å². The first-order chi connectivity index (χ1) is 14.5. The Morgan fingerprint density at radius 3 is 2.43 bits per heavy atom. The van der Waals surface area contributed by atoms with Crippen molar-refractivity contribution in [1.82, 2.24) is 4.90 Å². The van der Waals surface area contributed by atoms with Gasteiger partial charge in [-0.1, -0.05) is 12.1 Å². The van der Waals surface area contributed by atoms with Gasteiger partial charge in [-0.05, 0) is 62.2 Å². The lowest BCUT2D eigenvalue weighted by Crippen LogP contribution is -2.49. The van der Waals surface area contributed by atoms with Crippen LogP contribution in [0.25, 0.3) is 0 Å². The predicted octanol–water partition coefficient (Wildman–Crippen LogP) is 3.04. The van der Waals surface area contributed by atoms with Crippen LogP contribution in [0.3, 0.4) is 0 Å². The second kappa shape index (κ2) is 10.5. The predicted molar refractivity (Wildman–Crippen MR) is 118 cm³/mol. The van der Waals surface area contributed by atoms with Crippen molar-refractivity contribution in [3.05, 3.63) is 59.2 Å². The maximum atomic E-state index is 11.7. The minimum atomic E-state index is -0.568. The number of β-amino-alcohol motifs (C(OH)–C–C–N with tert-alkyl or cyclic N) is 1. The summed E-state index contributed by atoms with van der Waals surface area (Å²) in [6.45, 7) is 11.0. The number of carbonyl (C=O) groups is 1. The molecule has 162 valence electrons. The third-order valence-electron chi connectivity index (χ3n) is 5.57. The molecule has 1 aliphatic heterocycles. The van der Waals surface area contributed by atoms with Crippen molar-refractivity contribution in [2.75, 3.05) is 50.8 Å². The molecule has 1 heterocycles. The zero-order chi connectivity index (χ0) is 21.5. The number of ether oxygens (including phenoxy) is 2. The average molecular weight is 413 g/mol. The molecule has 6 nitrogen and oxygen atoms in total. The van der Waals surface area contributed by atoms with E-state index in [2.05, 4.69) is 41.8 Å². The van der Waals surface area contributed by atoms with Crippen molar-refractivity contribution in [1.29, 1.82) is 0 Å². The van der Waals surface area contributed by atoms with Crippen LogP contribution in [0.2, 0.25) is 0 Å². The normalized spacial score (nSPS) is 15.7. The SMILES string of the molecule is CCOC(=O)c1ccc(OCC(O)CN2CCN(c3cccc(C)c3C)CC2)cc1. The highest BCUT2D eigenvalue weighted by Crippen LogP contribution is 2.24. The minimum Gasteiger partial charge on any atom is -0.491 e. The second-order valence-corrected chi connectivity index (χ2v) is 7.72. The lowest BCUT2D eigenvalue weighted by atomic mass is 10.1. The Morgan fingerprint density at radius 1 is 1.07 bits per heavy atom. The number of hydrogen-bond acceptors (Lipinski definition) is 6. The number of hydrogen-bond donors (Lipinski definition) is 1. The fourth-order valence-electron chi connectivity index (χ4n) is 3.69. The fraction of sp³-hybridized carbons (Fsp3) is 0.458. The highest BCUT2D eigenvalue weighted by atomic mass is 16.5. The van der Waals surface area contributed by atoms with E-state index in [0.29, 0.717) is 24.5 Å². The van der Waals surface area contributed by atoms with E-state index in [1.807, 2.05) is 0 Å². The number of esters is 1. The van der Waals surface area contributed by atoms with Gasteiger partial charge in [0.1, 0.15) is 18.5 Å². The first-order valence-electron chi connectivity index (χ1n) is 10.6. The third kappa shape index (κ3) is 5.74. The van der Waals surface area contributed by atoms with Crippen LogP contribution < -0.4 is 9.64 Å². The van der Waals surface area contributed by atoms with E-state index in [9.17, 15) is 9.90 Å². The standard InChI is InChI=1S/C24H32N2O4/c1-4-29-24(28)20-8-10-22(11-9-20)30-17-21(27)16-25-12-14-26(15-13-25)23-7-5-6-18(2)19(23)3/h5-11,21,27H,4,12-17H2,1-3H3. The highest BCUT2D eigenvalue weighted by Gasteiger charge is 2.21. The molecular weight excluding hydrogens is 380 g/mol. The van der Waals surface area contributed by atoms with Crippen molar-refractivity contribution in [3.63, 3.8) is 0 Å².